The van der Waals surface area contributed by atoms with Crippen LogP contribution < -0.4 is 4.74 Å². The van der Waals surface area contributed by atoms with Gasteiger partial charge in [0.1, 0.15) is 12.4 Å². The van der Waals surface area contributed by atoms with Crippen molar-refractivity contribution in [2.45, 2.75) is 57.9 Å². The number of alkyl halides is 3. The molecule has 0 atom stereocenters. The summed E-state index contributed by atoms with van der Waals surface area (Å²) in [5, 5.41) is 0. The topological polar surface area (TPSA) is 29.5 Å². The van der Waals surface area contributed by atoms with Crippen molar-refractivity contribution in [3.8, 4) is 5.75 Å². The van der Waals surface area contributed by atoms with Gasteiger partial charge in [-0.1, -0.05) is 31.0 Å². The second-order valence-electron chi connectivity index (χ2n) is 8.33. The summed E-state index contributed by atoms with van der Waals surface area (Å²) >= 11 is 0. The second-order valence-corrected chi connectivity index (χ2v) is 8.33. The normalized spacial score (nSPS) is 17.1. The van der Waals surface area contributed by atoms with Gasteiger partial charge in [-0.05, 0) is 66.1 Å². The van der Waals surface area contributed by atoms with Gasteiger partial charge in [-0.3, -0.25) is 4.79 Å². The Hall–Kier alpha value is -2.50. The summed E-state index contributed by atoms with van der Waals surface area (Å²) in [6.07, 6.45) is 1.96. The number of rotatable bonds is 5. The third-order valence-corrected chi connectivity index (χ3v) is 6.17. The van der Waals surface area contributed by atoms with Crippen molar-refractivity contribution >= 4 is 5.91 Å². The molecule has 30 heavy (non-hydrogen) atoms. The Balaban J connectivity index is 1.36. The van der Waals surface area contributed by atoms with Crippen LogP contribution in [0.2, 0.25) is 0 Å². The number of nitrogens with zero attached hydrogens (tertiary/aromatic N) is 1. The summed E-state index contributed by atoms with van der Waals surface area (Å²) in [7, 11) is 0. The van der Waals surface area contributed by atoms with E-state index in [1.807, 2.05) is 23.1 Å². The molecule has 160 valence electrons. The number of fused-ring (bicyclic) bond motifs is 1. The number of carbonyl (C=O) groups excluding carboxylic acids is 1. The molecule has 0 bridgehead atoms. The van der Waals surface area contributed by atoms with E-state index < -0.39 is 11.7 Å². The van der Waals surface area contributed by atoms with Crippen LogP contribution in [0.4, 0.5) is 13.2 Å². The summed E-state index contributed by atoms with van der Waals surface area (Å²) in [5.74, 6) is 1.44. The lowest BCUT2D eigenvalue weighted by atomic mass is 9.97. The molecule has 0 saturated heterocycles. The average Bonchev–Trinajstić information content (AvgIpc) is 3.24. The van der Waals surface area contributed by atoms with Crippen molar-refractivity contribution in [3.05, 3.63) is 64.7 Å². The predicted molar refractivity (Wildman–Crippen MR) is 108 cm³/mol. The van der Waals surface area contributed by atoms with E-state index in [0.29, 0.717) is 30.2 Å². The largest absolute Gasteiger partial charge is 0.489 e. The first-order chi connectivity index (χ1) is 14.4. The minimum Gasteiger partial charge on any atom is -0.489 e. The van der Waals surface area contributed by atoms with Crippen LogP contribution in [0.1, 0.15) is 54.4 Å². The number of hydrogen-bond acceptors (Lipinski definition) is 2. The first-order valence-electron chi connectivity index (χ1n) is 10.6. The Morgan fingerprint density at radius 1 is 1.03 bits per heavy atom. The number of ether oxygens (including phenoxy) is 1. The van der Waals surface area contributed by atoms with Gasteiger partial charge in [0.15, 0.2) is 0 Å². The van der Waals surface area contributed by atoms with Crippen molar-refractivity contribution in [2.24, 2.45) is 5.92 Å². The van der Waals surface area contributed by atoms with Crippen molar-refractivity contribution in [2.75, 3.05) is 6.54 Å². The maximum Gasteiger partial charge on any atom is 0.416 e. The molecule has 0 N–H and O–H groups in total. The van der Waals surface area contributed by atoms with Gasteiger partial charge in [0.25, 0.3) is 0 Å². The molecule has 1 saturated carbocycles. The highest BCUT2D eigenvalue weighted by Gasteiger charge is 2.30. The lowest BCUT2D eigenvalue weighted by Gasteiger charge is -2.30. The summed E-state index contributed by atoms with van der Waals surface area (Å²) in [6, 6.07) is 10.9. The zero-order valence-electron chi connectivity index (χ0n) is 16.9. The minimum atomic E-state index is -4.33. The molecule has 3 nitrogen and oxygen atoms in total. The van der Waals surface area contributed by atoms with Gasteiger partial charge < -0.3 is 9.64 Å². The van der Waals surface area contributed by atoms with Gasteiger partial charge in [0, 0.05) is 19.5 Å². The lowest BCUT2D eigenvalue weighted by Crippen LogP contribution is -2.36. The average molecular weight is 417 g/mol. The Morgan fingerprint density at radius 3 is 2.47 bits per heavy atom. The molecule has 1 aliphatic heterocycles. The van der Waals surface area contributed by atoms with E-state index in [2.05, 4.69) is 0 Å². The van der Waals surface area contributed by atoms with Gasteiger partial charge in [-0.15, -0.1) is 0 Å². The van der Waals surface area contributed by atoms with Crippen molar-refractivity contribution in [3.63, 3.8) is 0 Å². The number of hydrogen-bond donors (Lipinski definition) is 0. The fourth-order valence-electron chi connectivity index (χ4n) is 4.38. The molecule has 2 aliphatic rings. The van der Waals surface area contributed by atoms with E-state index in [1.165, 1.54) is 30.5 Å². The molecule has 0 aromatic heterocycles. The zero-order chi connectivity index (χ0) is 21.1. The lowest BCUT2D eigenvalue weighted by molar-refractivity contribution is -0.137. The minimum absolute atomic E-state index is 0.196. The Kier molecular flexibility index (Phi) is 6.02. The van der Waals surface area contributed by atoms with E-state index in [0.717, 1.165) is 43.5 Å². The van der Waals surface area contributed by atoms with Crippen LogP contribution in [0.5, 0.6) is 5.75 Å². The smallest absolute Gasteiger partial charge is 0.416 e. The van der Waals surface area contributed by atoms with Crippen molar-refractivity contribution in [1.82, 2.24) is 4.90 Å². The van der Waals surface area contributed by atoms with Crippen LogP contribution in [-0.2, 0) is 30.5 Å². The first-order valence-corrected chi connectivity index (χ1v) is 10.6. The molecule has 1 amide bonds. The van der Waals surface area contributed by atoms with Gasteiger partial charge in [0.05, 0.1) is 5.56 Å². The standard InChI is InChI=1S/C24H26F3NO2/c25-24(26,27)21-8-5-18(6-9-21)16-30-22-10-7-19-11-12-28(15-20(19)14-22)23(29)13-17-3-1-2-4-17/h5-10,14,17H,1-4,11-13,15-16H2. The highest BCUT2D eigenvalue weighted by atomic mass is 19.4. The van der Waals surface area contributed by atoms with Crippen LogP contribution in [0, 0.1) is 5.92 Å². The van der Waals surface area contributed by atoms with Crippen LogP contribution in [-0.4, -0.2) is 17.4 Å². The molecular formula is C24H26F3NO2. The fraction of sp³-hybridized carbons (Fsp3) is 0.458. The molecular weight excluding hydrogens is 391 g/mol. The summed E-state index contributed by atoms with van der Waals surface area (Å²) in [4.78, 5) is 14.6. The van der Waals surface area contributed by atoms with Crippen LogP contribution in [0.15, 0.2) is 42.5 Å². The van der Waals surface area contributed by atoms with Crippen LogP contribution >= 0.6 is 0 Å². The maximum absolute atomic E-state index is 12.7. The summed E-state index contributed by atoms with van der Waals surface area (Å²) in [6.45, 7) is 1.55. The van der Waals surface area contributed by atoms with Crippen molar-refractivity contribution < 1.29 is 22.7 Å². The Bertz CT molecular complexity index is 886. The molecule has 0 radical (unpaired) electrons. The molecule has 0 unspecified atom stereocenters. The zero-order valence-corrected chi connectivity index (χ0v) is 16.9. The number of halogens is 3. The number of carbonyl (C=O) groups is 1. The van der Waals surface area contributed by atoms with E-state index in [4.69, 9.17) is 4.74 Å². The highest BCUT2D eigenvalue weighted by Crippen LogP contribution is 2.31. The predicted octanol–water partition coefficient (Wildman–Crippen LogP) is 5.75. The highest BCUT2D eigenvalue weighted by molar-refractivity contribution is 5.76. The van der Waals surface area contributed by atoms with E-state index in [9.17, 15) is 18.0 Å². The molecule has 1 heterocycles. The summed E-state index contributed by atoms with van der Waals surface area (Å²) in [5.41, 5.74) is 2.32. The maximum atomic E-state index is 12.7. The quantitative estimate of drug-likeness (QED) is 0.620. The SMILES string of the molecule is O=C(CC1CCCC1)N1CCc2ccc(OCc3ccc(C(F)(F)F)cc3)cc2C1. The third-order valence-electron chi connectivity index (χ3n) is 6.17. The van der Waals surface area contributed by atoms with E-state index in [-0.39, 0.29) is 12.5 Å². The van der Waals surface area contributed by atoms with Gasteiger partial charge in [-0.2, -0.15) is 13.2 Å². The molecule has 1 fully saturated rings. The molecule has 1 aliphatic carbocycles. The monoisotopic (exact) mass is 417 g/mol. The number of amides is 1. The van der Waals surface area contributed by atoms with Crippen LogP contribution in [0.3, 0.4) is 0 Å². The van der Waals surface area contributed by atoms with E-state index in [1.54, 1.807) is 0 Å². The van der Waals surface area contributed by atoms with Crippen LogP contribution in [0.25, 0.3) is 0 Å². The van der Waals surface area contributed by atoms with Gasteiger partial charge >= 0.3 is 6.18 Å². The molecule has 6 heteroatoms. The molecule has 0 spiro atoms. The third kappa shape index (κ3) is 4.97. The molecule has 2 aromatic rings. The second kappa shape index (κ2) is 8.70. The summed E-state index contributed by atoms with van der Waals surface area (Å²) < 4.78 is 43.8. The van der Waals surface area contributed by atoms with Gasteiger partial charge in [0.2, 0.25) is 5.91 Å². The molecule has 4 rings (SSSR count). The first kappa shape index (κ1) is 20.8. The van der Waals surface area contributed by atoms with Crippen molar-refractivity contribution in [1.29, 1.82) is 0 Å². The Labute approximate surface area is 174 Å². The fourth-order valence-corrected chi connectivity index (χ4v) is 4.38. The number of benzene rings is 2. The molecule has 2 aromatic carbocycles. The van der Waals surface area contributed by atoms with Gasteiger partial charge in [-0.25, -0.2) is 0 Å². The Morgan fingerprint density at radius 2 is 1.77 bits per heavy atom. The van der Waals surface area contributed by atoms with E-state index >= 15 is 0 Å².